The first-order chi connectivity index (χ1) is 13.1. The van der Waals surface area contributed by atoms with Crippen LogP contribution in [-0.4, -0.2) is 24.1 Å². The molecule has 0 spiro atoms. The van der Waals surface area contributed by atoms with E-state index in [1.54, 1.807) is 19.4 Å². The maximum Gasteiger partial charge on any atom is 0.248 e. The topological polar surface area (TPSA) is 60.5 Å². The maximum atomic E-state index is 12.3. The Morgan fingerprint density at radius 1 is 1.11 bits per heavy atom. The van der Waals surface area contributed by atoms with Crippen molar-refractivity contribution in [1.29, 1.82) is 0 Å². The summed E-state index contributed by atoms with van der Waals surface area (Å²) < 4.78 is 11.1. The number of aromatic nitrogens is 1. The number of para-hydroxylation sites is 1. The van der Waals surface area contributed by atoms with Crippen molar-refractivity contribution in [3.05, 3.63) is 66.4 Å². The standard InChI is InChI=1S/C22H22N2O3/c1-15(2)27-19-11-9-16(14-20(19)26-3)10-12-21(25)24-18-8-4-6-17-7-5-13-23-22(17)18/h4-15H,1-3H3,(H,24,25)/b12-10+. The second-order valence-corrected chi connectivity index (χ2v) is 6.28. The van der Waals surface area contributed by atoms with E-state index >= 15 is 0 Å². The zero-order valence-corrected chi connectivity index (χ0v) is 15.6. The van der Waals surface area contributed by atoms with Gasteiger partial charge >= 0.3 is 0 Å². The number of anilines is 1. The highest BCUT2D eigenvalue weighted by atomic mass is 16.5. The molecule has 0 saturated carbocycles. The summed E-state index contributed by atoms with van der Waals surface area (Å²) in [4.78, 5) is 16.7. The van der Waals surface area contributed by atoms with Crippen molar-refractivity contribution < 1.29 is 14.3 Å². The van der Waals surface area contributed by atoms with Gasteiger partial charge in [-0.2, -0.15) is 0 Å². The van der Waals surface area contributed by atoms with Crippen molar-refractivity contribution in [2.24, 2.45) is 0 Å². The number of carbonyl (C=O) groups excluding carboxylic acids is 1. The molecule has 138 valence electrons. The fourth-order valence-corrected chi connectivity index (χ4v) is 2.69. The normalized spacial score (nSPS) is 11.1. The molecular weight excluding hydrogens is 340 g/mol. The number of carbonyl (C=O) groups is 1. The van der Waals surface area contributed by atoms with Crippen LogP contribution in [0, 0.1) is 0 Å². The van der Waals surface area contributed by atoms with Gasteiger partial charge in [0.25, 0.3) is 0 Å². The third-order valence-corrected chi connectivity index (χ3v) is 3.87. The van der Waals surface area contributed by atoms with E-state index in [2.05, 4.69) is 10.3 Å². The number of amides is 1. The molecule has 0 aliphatic heterocycles. The predicted molar refractivity (Wildman–Crippen MR) is 108 cm³/mol. The second kappa shape index (κ2) is 8.36. The second-order valence-electron chi connectivity index (χ2n) is 6.28. The summed E-state index contributed by atoms with van der Waals surface area (Å²) >= 11 is 0. The largest absolute Gasteiger partial charge is 0.493 e. The summed E-state index contributed by atoms with van der Waals surface area (Å²) in [5, 5.41) is 3.85. The van der Waals surface area contributed by atoms with E-state index in [9.17, 15) is 4.79 Å². The Morgan fingerprint density at radius 2 is 1.93 bits per heavy atom. The molecule has 1 aromatic heterocycles. The number of ether oxygens (including phenoxy) is 2. The Hall–Kier alpha value is -3.34. The predicted octanol–water partition coefficient (Wildman–Crippen LogP) is 4.68. The van der Waals surface area contributed by atoms with Gasteiger partial charge in [0.2, 0.25) is 5.91 Å². The van der Waals surface area contributed by atoms with Gasteiger partial charge in [0.15, 0.2) is 11.5 Å². The van der Waals surface area contributed by atoms with Gasteiger partial charge in [-0.1, -0.05) is 24.3 Å². The van der Waals surface area contributed by atoms with Crippen molar-refractivity contribution in [3.63, 3.8) is 0 Å². The Balaban J connectivity index is 1.74. The highest BCUT2D eigenvalue weighted by Crippen LogP contribution is 2.29. The molecule has 0 unspecified atom stereocenters. The number of nitrogens with one attached hydrogen (secondary N) is 1. The van der Waals surface area contributed by atoms with Crippen molar-refractivity contribution in [3.8, 4) is 11.5 Å². The number of methoxy groups -OCH3 is 1. The highest BCUT2D eigenvalue weighted by molar-refractivity contribution is 6.06. The van der Waals surface area contributed by atoms with Gasteiger partial charge in [0.1, 0.15) is 0 Å². The zero-order chi connectivity index (χ0) is 19.2. The lowest BCUT2D eigenvalue weighted by molar-refractivity contribution is -0.111. The van der Waals surface area contributed by atoms with Gasteiger partial charge in [-0.05, 0) is 49.8 Å². The average Bonchev–Trinajstić information content (AvgIpc) is 2.67. The number of pyridine rings is 1. The summed E-state index contributed by atoms with van der Waals surface area (Å²) in [7, 11) is 1.59. The summed E-state index contributed by atoms with van der Waals surface area (Å²) in [6.07, 6.45) is 4.98. The molecule has 0 saturated heterocycles. The van der Waals surface area contributed by atoms with Crippen LogP contribution in [0.3, 0.4) is 0 Å². The SMILES string of the molecule is COc1cc(/C=C/C(=O)Nc2cccc3cccnc23)ccc1OC(C)C. The van der Waals surface area contributed by atoms with Crippen LogP contribution < -0.4 is 14.8 Å². The summed E-state index contributed by atoms with van der Waals surface area (Å²) in [5.74, 6) is 1.08. The van der Waals surface area contributed by atoms with Crippen LogP contribution in [-0.2, 0) is 4.79 Å². The Labute approximate surface area is 158 Å². The van der Waals surface area contributed by atoms with Crippen molar-refractivity contribution >= 4 is 28.6 Å². The molecule has 0 radical (unpaired) electrons. The van der Waals surface area contributed by atoms with Crippen LogP contribution in [0.2, 0.25) is 0 Å². The summed E-state index contributed by atoms with van der Waals surface area (Å²) in [5.41, 5.74) is 2.29. The van der Waals surface area contributed by atoms with Gasteiger partial charge in [0.05, 0.1) is 24.4 Å². The van der Waals surface area contributed by atoms with Crippen molar-refractivity contribution in [1.82, 2.24) is 4.98 Å². The average molecular weight is 362 g/mol. The molecule has 5 nitrogen and oxygen atoms in total. The Morgan fingerprint density at radius 3 is 2.70 bits per heavy atom. The lowest BCUT2D eigenvalue weighted by Gasteiger charge is -2.13. The monoisotopic (exact) mass is 362 g/mol. The van der Waals surface area contributed by atoms with Crippen LogP contribution in [0.4, 0.5) is 5.69 Å². The quantitative estimate of drug-likeness (QED) is 0.647. The molecule has 2 aromatic carbocycles. The number of benzene rings is 2. The van der Waals surface area contributed by atoms with Crippen LogP contribution in [0.25, 0.3) is 17.0 Å². The number of nitrogens with zero attached hydrogens (tertiary/aromatic N) is 1. The first-order valence-corrected chi connectivity index (χ1v) is 8.74. The highest BCUT2D eigenvalue weighted by Gasteiger charge is 2.07. The number of fused-ring (bicyclic) bond motifs is 1. The van der Waals surface area contributed by atoms with Gasteiger partial charge in [0, 0.05) is 17.7 Å². The number of rotatable bonds is 6. The summed E-state index contributed by atoms with van der Waals surface area (Å²) in [6.45, 7) is 3.92. The van der Waals surface area contributed by atoms with Crippen LogP contribution in [0.5, 0.6) is 11.5 Å². The molecule has 3 rings (SSSR count). The number of hydrogen-bond acceptors (Lipinski definition) is 4. The minimum Gasteiger partial charge on any atom is -0.493 e. The van der Waals surface area contributed by atoms with Crippen LogP contribution >= 0.6 is 0 Å². The molecule has 0 aliphatic rings. The van der Waals surface area contributed by atoms with E-state index < -0.39 is 0 Å². The first-order valence-electron chi connectivity index (χ1n) is 8.74. The third-order valence-electron chi connectivity index (χ3n) is 3.87. The lowest BCUT2D eigenvalue weighted by Crippen LogP contribution is -2.08. The molecule has 0 bridgehead atoms. The minimum absolute atomic E-state index is 0.0559. The fraction of sp³-hybridized carbons (Fsp3) is 0.182. The van der Waals surface area contributed by atoms with Crippen LogP contribution in [0.15, 0.2) is 60.8 Å². The molecule has 0 aliphatic carbocycles. The molecular formula is C22H22N2O3. The Kier molecular flexibility index (Phi) is 5.71. The van der Waals surface area contributed by atoms with Gasteiger partial charge in [-0.3, -0.25) is 9.78 Å². The fourth-order valence-electron chi connectivity index (χ4n) is 2.69. The molecule has 1 N–H and O–H groups in total. The first kappa shape index (κ1) is 18.5. The van der Waals surface area contributed by atoms with Crippen LogP contribution in [0.1, 0.15) is 19.4 Å². The Bertz CT molecular complexity index is 975. The smallest absolute Gasteiger partial charge is 0.248 e. The van der Waals surface area contributed by atoms with Crippen molar-refractivity contribution in [2.45, 2.75) is 20.0 Å². The van der Waals surface area contributed by atoms with E-state index in [1.165, 1.54) is 6.08 Å². The number of hydrogen-bond donors (Lipinski definition) is 1. The third kappa shape index (κ3) is 4.64. The molecule has 27 heavy (non-hydrogen) atoms. The van der Waals surface area contributed by atoms with Gasteiger partial charge < -0.3 is 14.8 Å². The minimum atomic E-state index is -0.227. The molecule has 0 fully saturated rings. The van der Waals surface area contributed by atoms with Crippen molar-refractivity contribution in [2.75, 3.05) is 12.4 Å². The van der Waals surface area contributed by atoms with Gasteiger partial charge in [-0.25, -0.2) is 0 Å². The molecule has 1 heterocycles. The molecule has 5 heteroatoms. The van der Waals surface area contributed by atoms with E-state index in [0.29, 0.717) is 17.2 Å². The van der Waals surface area contributed by atoms with E-state index in [-0.39, 0.29) is 12.0 Å². The van der Waals surface area contributed by atoms with Gasteiger partial charge in [-0.15, -0.1) is 0 Å². The molecule has 0 atom stereocenters. The molecule has 3 aromatic rings. The lowest BCUT2D eigenvalue weighted by atomic mass is 10.1. The zero-order valence-electron chi connectivity index (χ0n) is 15.6. The van der Waals surface area contributed by atoms with E-state index in [0.717, 1.165) is 16.5 Å². The molecule has 1 amide bonds. The maximum absolute atomic E-state index is 12.3. The van der Waals surface area contributed by atoms with E-state index in [4.69, 9.17) is 9.47 Å². The van der Waals surface area contributed by atoms with E-state index in [1.807, 2.05) is 62.4 Å². The summed E-state index contributed by atoms with van der Waals surface area (Å²) in [6, 6.07) is 15.1.